The van der Waals surface area contributed by atoms with Crippen molar-refractivity contribution in [3.8, 4) is 0 Å². The topological polar surface area (TPSA) is 92.8 Å². The average molecular weight is 362 g/mol. The highest BCUT2D eigenvalue weighted by atomic mass is 32.2. The molecule has 0 radical (unpaired) electrons. The van der Waals surface area contributed by atoms with Gasteiger partial charge in [-0.25, -0.2) is 13.2 Å². The Morgan fingerprint density at radius 1 is 1.21 bits per heavy atom. The summed E-state index contributed by atoms with van der Waals surface area (Å²) in [7, 11) is 0.222. The molecule has 3 atom stereocenters. The number of hydrogen-bond acceptors (Lipinski definition) is 5. The van der Waals surface area contributed by atoms with Crippen LogP contribution in [0.4, 0.5) is 4.79 Å². The van der Waals surface area contributed by atoms with E-state index < -0.39 is 27.6 Å². The summed E-state index contributed by atoms with van der Waals surface area (Å²) in [6.07, 6.45) is 2.25. The molecule has 0 aromatic carbocycles. The molecule has 1 fully saturated rings. The predicted octanol–water partition coefficient (Wildman–Crippen LogP) is 1.43. The fraction of sp³-hybridized carbons (Fsp3) is 0.875. The number of sulfone groups is 1. The highest BCUT2D eigenvalue weighted by molar-refractivity contribution is 7.90. The van der Waals surface area contributed by atoms with Crippen molar-refractivity contribution in [2.45, 2.75) is 51.7 Å². The maximum Gasteiger partial charge on any atom is 0.407 e. The van der Waals surface area contributed by atoms with Crippen molar-refractivity contribution in [1.29, 1.82) is 0 Å². The number of nitrogens with one attached hydrogen (secondary N) is 1. The largest absolute Gasteiger partial charge is 0.444 e. The van der Waals surface area contributed by atoms with E-state index in [1.54, 1.807) is 34.9 Å². The summed E-state index contributed by atoms with van der Waals surface area (Å²) < 4.78 is 28.6. The van der Waals surface area contributed by atoms with E-state index >= 15 is 0 Å². The second-order valence-corrected chi connectivity index (χ2v) is 10.0. The van der Waals surface area contributed by atoms with E-state index in [1.807, 2.05) is 0 Å². The quantitative estimate of drug-likeness (QED) is 0.817. The van der Waals surface area contributed by atoms with Crippen LogP contribution in [-0.2, 0) is 19.4 Å². The maximum atomic E-state index is 12.2. The molecular formula is C16H30N2O5S. The molecule has 0 aromatic heterocycles. The molecule has 0 aliphatic heterocycles. The molecule has 0 heterocycles. The van der Waals surface area contributed by atoms with E-state index in [-0.39, 0.29) is 23.5 Å². The Labute approximate surface area is 145 Å². The van der Waals surface area contributed by atoms with Crippen LogP contribution < -0.4 is 5.32 Å². The molecule has 2 amide bonds. The van der Waals surface area contributed by atoms with Crippen LogP contribution in [0.5, 0.6) is 0 Å². The van der Waals surface area contributed by atoms with Crippen LogP contribution in [0.1, 0.15) is 40.0 Å². The van der Waals surface area contributed by atoms with Crippen LogP contribution in [0.25, 0.3) is 0 Å². The molecule has 8 heteroatoms. The summed E-state index contributed by atoms with van der Waals surface area (Å²) >= 11 is 0. The van der Waals surface area contributed by atoms with E-state index in [9.17, 15) is 18.0 Å². The zero-order chi connectivity index (χ0) is 18.7. The van der Waals surface area contributed by atoms with Gasteiger partial charge >= 0.3 is 6.09 Å². The van der Waals surface area contributed by atoms with Gasteiger partial charge in [0.1, 0.15) is 15.4 Å². The van der Waals surface area contributed by atoms with Crippen molar-refractivity contribution >= 4 is 21.8 Å². The Hall–Kier alpha value is -1.31. The van der Waals surface area contributed by atoms with Gasteiger partial charge in [0.2, 0.25) is 5.91 Å². The maximum absolute atomic E-state index is 12.2. The Morgan fingerprint density at radius 2 is 1.79 bits per heavy atom. The average Bonchev–Trinajstić information content (AvgIpc) is 2.35. The second-order valence-electron chi connectivity index (χ2n) is 7.85. The molecule has 0 unspecified atom stereocenters. The van der Waals surface area contributed by atoms with Crippen LogP contribution in [0.2, 0.25) is 0 Å². The molecule has 24 heavy (non-hydrogen) atoms. The van der Waals surface area contributed by atoms with Gasteiger partial charge in [-0.3, -0.25) is 4.79 Å². The van der Waals surface area contributed by atoms with E-state index in [0.717, 1.165) is 0 Å². The van der Waals surface area contributed by atoms with Crippen LogP contribution >= 0.6 is 0 Å². The number of ether oxygens (including phenoxy) is 1. The highest BCUT2D eigenvalue weighted by Crippen LogP contribution is 2.31. The highest BCUT2D eigenvalue weighted by Gasteiger charge is 2.37. The predicted molar refractivity (Wildman–Crippen MR) is 92.4 cm³/mol. The minimum absolute atomic E-state index is 0.00351. The zero-order valence-corrected chi connectivity index (χ0v) is 16.3. The molecule has 1 aliphatic carbocycles. The minimum atomic E-state index is -3.17. The number of rotatable bonds is 4. The summed E-state index contributed by atoms with van der Waals surface area (Å²) in [4.78, 5) is 25.8. The van der Waals surface area contributed by atoms with Gasteiger partial charge < -0.3 is 15.0 Å². The fourth-order valence-corrected chi connectivity index (χ4v) is 4.22. The molecule has 7 nitrogen and oxygen atoms in total. The smallest absolute Gasteiger partial charge is 0.407 e. The number of hydrogen-bond donors (Lipinski definition) is 1. The van der Waals surface area contributed by atoms with Crippen LogP contribution in [0, 0.1) is 11.8 Å². The van der Waals surface area contributed by atoms with Gasteiger partial charge in [-0.1, -0.05) is 0 Å². The third-order valence-corrected chi connectivity index (χ3v) is 5.04. The first-order valence-electron chi connectivity index (χ1n) is 8.17. The van der Waals surface area contributed by atoms with Gasteiger partial charge in [-0.15, -0.1) is 0 Å². The third-order valence-electron chi connectivity index (χ3n) is 4.00. The van der Waals surface area contributed by atoms with Crippen molar-refractivity contribution in [2.75, 3.05) is 26.1 Å². The van der Waals surface area contributed by atoms with Gasteiger partial charge in [0, 0.05) is 32.3 Å². The molecule has 1 N–H and O–H groups in total. The molecule has 0 aromatic rings. The van der Waals surface area contributed by atoms with Gasteiger partial charge in [0.05, 0.1) is 5.75 Å². The van der Waals surface area contributed by atoms with Crippen molar-refractivity contribution in [3.05, 3.63) is 0 Å². The molecule has 0 saturated heterocycles. The van der Waals surface area contributed by atoms with Crippen molar-refractivity contribution in [1.82, 2.24) is 10.2 Å². The SMILES string of the molecule is CN(C)C(=O)[C@H]1CC[C@@H](CS(C)(=O)=O)[C@H](NC(=O)OC(C)(C)C)C1. The van der Waals surface area contributed by atoms with Crippen molar-refractivity contribution in [3.63, 3.8) is 0 Å². The first-order valence-corrected chi connectivity index (χ1v) is 10.2. The number of alkyl carbamates (subject to hydrolysis) is 1. The standard InChI is InChI=1S/C16H30N2O5S/c1-16(2,3)23-15(20)17-13-9-11(14(19)18(4)5)7-8-12(13)10-24(6,21)22/h11-13H,7-10H2,1-6H3,(H,17,20)/t11-,12-,13+/m0/s1. The number of amides is 2. The van der Waals surface area contributed by atoms with E-state index in [1.165, 1.54) is 11.2 Å². The lowest BCUT2D eigenvalue weighted by Crippen LogP contribution is -2.49. The summed E-state index contributed by atoms with van der Waals surface area (Å²) in [6, 6.07) is -0.391. The molecule has 0 spiro atoms. The fourth-order valence-electron chi connectivity index (χ4n) is 3.05. The third kappa shape index (κ3) is 7.07. The van der Waals surface area contributed by atoms with Crippen molar-refractivity contribution < 1.29 is 22.7 Å². The van der Waals surface area contributed by atoms with Gasteiger partial charge in [-0.05, 0) is 46.0 Å². The van der Waals surface area contributed by atoms with Crippen LogP contribution in [-0.4, -0.2) is 63.1 Å². The first kappa shape index (κ1) is 20.7. The molecule has 1 saturated carbocycles. The zero-order valence-electron chi connectivity index (χ0n) is 15.5. The second kappa shape index (κ2) is 7.72. The molecule has 140 valence electrons. The lowest BCUT2D eigenvalue weighted by Gasteiger charge is -2.36. The Bertz CT molecular complexity index is 566. The van der Waals surface area contributed by atoms with Gasteiger partial charge in [0.15, 0.2) is 0 Å². The lowest BCUT2D eigenvalue weighted by molar-refractivity contribution is -0.134. The summed E-state index contributed by atoms with van der Waals surface area (Å²) in [6.45, 7) is 5.29. The molecule has 1 aliphatic rings. The number of carbonyl (C=O) groups excluding carboxylic acids is 2. The minimum Gasteiger partial charge on any atom is -0.444 e. The van der Waals surface area contributed by atoms with E-state index in [0.29, 0.717) is 19.3 Å². The van der Waals surface area contributed by atoms with Crippen molar-refractivity contribution in [2.24, 2.45) is 11.8 Å². The van der Waals surface area contributed by atoms with E-state index in [4.69, 9.17) is 4.74 Å². The monoisotopic (exact) mass is 362 g/mol. The van der Waals surface area contributed by atoms with E-state index in [2.05, 4.69) is 5.32 Å². The Kier molecular flexibility index (Phi) is 6.67. The van der Waals surface area contributed by atoms with Gasteiger partial charge in [0.25, 0.3) is 0 Å². The first-order chi connectivity index (χ1) is 10.8. The molecule has 1 rings (SSSR count). The molecule has 0 bridgehead atoms. The molecular weight excluding hydrogens is 332 g/mol. The summed E-state index contributed by atoms with van der Waals surface area (Å²) in [5.41, 5.74) is -0.635. The Balaban J connectivity index is 2.86. The number of nitrogens with zero attached hydrogens (tertiary/aromatic N) is 1. The Morgan fingerprint density at radius 3 is 2.25 bits per heavy atom. The normalized spacial score (nSPS) is 25.0. The lowest BCUT2D eigenvalue weighted by atomic mass is 9.78. The summed E-state index contributed by atoms with van der Waals surface area (Å²) in [5.74, 6) is -0.422. The van der Waals surface area contributed by atoms with Gasteiger partial charge in [-0.2, -0.15) is 0 Å². The van der Waals surface area contributed by atoms with Crippen LogP contribution in [0.3, 0.4) is 0 Å². The number of carbonyl (C=O) groups is 2. The summed E-state index contributed by atoms with van der Waals surface area (Å²) in [5, 5.41) is 2.78. The van der Waals surface area contributed by atoms with Crippen LogP contribution in [0.15, 0.2) is 0 Å².